The highest BCUT2D eigenvalue weighted by Gasteiger charge is 2.33. The van der Waals surface area contributed by atoms with E-state index >= 15 is 0 Å². The van der Waals surface area contributed by atoms with Gasteiger partial charge in [0.2, 0.25) is 0 Å². The Morgan fingerprint density at radius 3 is 2.67 bits per heavy atom. The third-order valence-electron chi connectivity index (χ3n) is 2.28. The van der Waals surface area contributed by atoms with Crippen LogP contribution in [0.4, 0.5) is 0 Å². The third kappa shape index (κ3) is 1.43. The molecule has 3 N–H and O–H groups in total. The molecule has 0 heterocycles. The zero-order chi connectivity index (χ0) is 6.91. The summed E-state index contributed by atoms with van der Waals surface area (Å²) in [6.45, 7) is 2.01. The minimum Gasteiger partial charge on any atom is -0.390 e. The number of aliphatic hydroxyl groups is 1. The molecule has 2 unspecified atom stereocenters. The Balaban J connectivity index is 2.45. The van der Waals surface area contributed by atoms with Crippen molar-refractivity contribution in [2.45, 2.75) is 44.2 Å². The maximum atomic E-state index is 9.59. The smallest absolute Gasteiger partial charge is 0.0660 e. The van der Waals surface area contributed by atoms with Gasteiger partial charge in [-0.1, -0.05) is 6.92 Å². The van der Waals surface area contributed by atoms with Crippen molar-refractivity contribution in [2.24, 2.45) is 5.73 Å². The molecule has 2 nitrogen and oxygen atoms in total. The number of nitrogens with two attached hydrogens (primary N) is 1. The van der Waals surface area contributed by atoms with Crippen LogP contribution in [0.5, 0.6) is 0 Å². The van der Waals surface area contributed by atoms with E-state index in [0.717, 1.165) is 25.7 Å². The fourth-order valence-corrected chi connectivity index (χ4v) is 1.47. The second-order valence-electron chi connectivity index (χ2n) is 3.08. The van der Waals surface area contributed by atoms with Gasteiger partial charge in [0.05, 0.1) is 5.60 Å². The Kier molecular flexibility index (Phi) is 1.78. The molecule has 1 aliphatic rings. The molecule has 0 bridgehead atoms. The van der Waals surface area contributed by atoms with Crippen LogP contribution in [-0.2, 0) is 0 Å². The summed E-state index contributed by atoms with van der Waals surface area (Å²) in [7, 11) is 0. The largest absolute Gasteiger partial charge is 0.390 e. The van der Waals surface area contributed by atoms with Crippen LogP contribution >= 0.6 is 0 Å². The molecule has 2 atom stereocenters. The van der Waals surface area contributed by atoms with E-state index in [1.807, 2.05) is 6.92 Å². The molecule has 2 heteroatoms. The first-order chi connectivity index (χ1) is 4.16. The van der Waals surface area contributed by atoms with Gasteiger partial charge in [0.15, 0.2) is 0 Å². The lowest BCUT2D eigenvalue weighted by molar-refractivity contribution is 0.0426. The van der Waals surface area contributed by atoms with Crippen molar-refractivity contribution in [3.8, 4) is 0 Å². The van der Waals surface area contributed by atoms with Crippen LogP contribution in [0, 0.1) is 0 Å². The summed E-state index contributed by atoms with van der Waals surface area (Å²) in [5, 5.41) is 9.59. The Morgan fingerprint density at radius 1 is 1.78 bits per heavy atom. The van der Waals surface area contributed by atoms with E-state index in [1.54, 1.807) is 0 Å². The standard InChI is InChI=1S/C7H15NO/c1-2-7(9)4-3-6(8)5-7/h6,9H,2-5,8H2,1H3. The van der Waals surface area contributed by atoms with Crippen LogP contribution in [0.3, 0.4) is 0 Å². The summed E-state index contributed by atoms with van der Waals surface area (Å²) in [6.07, 6.45) is 3.53. The fraction of sp³-hybridized carbons (Fsp3) is 1.00. The van der Waals surface area contributed by atoms with E-state index in [-0.39, 0.29) is 6.04 Å². The molecular formula is C7H15NO. The minimum absolute atomic E-state index is 0.245. The van der Waals surface area contributed by atoms with Crippen molar-refractivity contribution >= 4 is 0 Å². The van der Waals surface area contributed by atoms with Gasteiger partial charge in [-0.05, 0) is 25.7 Å². The molecule has 1 aliphatic carbocycles. The van der Waals surface area contributed by atoms with Crippen molar-refractivity contribution in [1.82, 2.24) is 0 Å². The molecule has 1 fully saturated rings. The van der Waals surface area contributed by atoms with Crippen LogP contribution in [0.1, 0.15) is 32.6 Å². The summed E-state index contributed by atoms with van der Waals surface area (Å²) < 4.78 is 0. The Bertz CT molecular complexity index is 105. The minimum atomic E-state index is -0.417. The van der Waals surface area contributed by atoms with Crippen LogP contribution in [-0.4, -0.2) is 16.7 Å². The Morgan fingerprint density at radius 2 is 2.44 bits per heavy atom. The highest BCUT2D eigenvalue weighted by Crippen LogP contribution is 2.30. The van der Waals surface area contributed by atoms with Crippen molar-refractivity contribution in [3.63, 3.8) is 0 Å². The van der Waals surface area contributed by atoms with E-state index in [4.69, 9.17) is 5.73 Å². The van der Waals surface area contributed by atoms with E-state index in [2.05, 4.69) is 0 Å². The third-order valence-corrected chi connectivity index (χ3v) is 2.28. The lowest BCUT2D eigenvalue weighted by Gasteiger charge is -2.19. The Labute approximate surface area is 56.1 Å². The molecule has 9 heavy (non-hydrogen) atoms. The molecule has 0 amide bonds. The number of hydrogen-bond donors (Lipinski definition) is 2. The summed E-state index contributed by atoms with van der Waals surface area (Å²) in [5.74, 6) is 0. The van der Waals surface area contributed by atoms with Gasteiger partial charge in [-0.3, -0.25) is 0 Å². The lowest BCUT2D eigenvalue weighted by Crippen LogP contribution is -2.26. The molecule has 1 rings (SSSR count). The van der Waals surface area contributed by atoms with E-state index in [1.165, 1.54) is 0 Å². The van der Waals surface area contributed by atoms with Gasteiger partial charge in [-0.25, -0.2) is 0 Å². The zero-order valence-corrected chi connectivity index (χ0v) is 5.93. The Hall–Kier alpha value is -0.0800. The first kappa shape index (κ1) is 7.03. The highest BCUT2D eigenvalue weighted by atomic mass is 16.3. The van der Waals surface area contributed by atoms with Crippen molar-refractivity contribution in [2.75, 3.05) is 0 Å². The van der Waals surface area contributed by atoms with Gasteiger partial charge in [0, 0.05) is 6.04 Å². The van der Waals surface area contributed by atoms with E-state index < -0.39 is 5.60 Å². The second-order valence-corrected chi connectivity index (χ2v) is 3.08. The predicted molar refractivity (Wildman–Crippen MR) is 37.1 cm³/mol. The molecule has 0 aromatic carbocycles. The molecule has 1 saturated carbocycles. The monoisotopic (exact) mass is 129 g/mol. The first-order valence-electron chi connectivity index (χ1n) is 3.64. The van der Waals surface area contributed by atoms with Gasteiger partial charge in [0.25, 0.3) is 0 Å². The average molecular weight is 129 g/mol. The van der Waals surface area contributed by atoms with Crippen molar-refractivity contribution in [1.29, 1.82) is 0 Å². The van der Waals surface area contributed by atoms with Crippen LogP contribution in [0.2, 0.25) is 0 Å². The first-order valence-corrected chi connectivity index (χ1v) is 3.64. The van der Waals surface area contributed by atoms with Crippen LogP contribution in [0.25, 0.3) is 0 Å². The number of rotatable bonds is 1. The number of hydrogen-bond acceptors (Lipinski definition) is 2. The quantitative estimate of drug-likeness (QED) is 0.545. The normalized spacial score (nSPS) is 43.7. The van der Waals surface area contributed by atoms with Gasteiger partial charge in [-0.15, -0.1) is 0 Å². The average Bonchev–Trinajstić information content (AvgIpc) is 2.13. The summed E-state index contributed by atoms with van der Waals surface area (Å²) in [6, 6.07) is 0.245. The molecule has 0 saturated heterocycles. The molecule has 0 aromatic rings. The molecule has 0 aromatic heterocycles. The van der Waals surface area contributed by atoms with E-state index in [9.17, 15) is 5.11 Å². The highest BCUT2D eigenvalue weighted by molar-refractivity contribution is 4.89. The molecule has 0 radical (unpaired) electrons. The maximum absolute atomic E-state index is 9.59. The van der Waals surface area contributed by atoms with Crippen molar-refractivity contribution < 1.29 is 5.11 Å². The van der Waals surface area contributed by atoms with Gasteiger partial charge in [-0.2, -0.15) is 0 Å². The summed E-state index contributed by atoms with van der Waals surface area (Å²) >= 11 is 0. The van der Waals surface area contributed by atoms with Crippen LogP contribution in [0.15, 0.2) is 0 Å². The molecule has 0 spiro atoms. The summed E-state index contributed by atoms with van der Waals surface area (Å²) in [5.41, 5.74) is 5.21. The van der Waals surface area contributed by atoms with Crippen LogP contribution < -0.4 is 5.73 Å². The van der Waals surface area contributed by atoms with Gasteiger partial charge >= 0.3 is 0 Å². The van der Waals surface area contributed by atoms with Crippen molar-refractivity contribution in [3.05, 3.63) is 0 Å². The SMILES string of the molecule is CCC1(O)CCC(N)C1. The summed E-state index contributed by atoms with van der Waals surface area (Å²) in [4.78, 5) is 0. The van der Waals surface area contributed by atoms with Gasteiger partial charge < -0.3 is 10.8 Å². The molecule has 0 aliphatic heterocycles. The van der Waals surface area contributed by atoms with Gasteiger partial charge in [0.1, 0.15) is 0 Å². The zero-order valence-electron chi connectivity index (χ0n) is 5.93. The fourth-order valence-electron chi connectivity index (χ4n) is 1.47. The van der Waals surface area contributed by atoms with E-state index in [0.29, 0.717) is 0 Å². The molecule has 54 valence electrons. The predicted octanol–water partition coefficient (Wildman–Crippen LogP) is 0.639. The second kappa shape index (κ2) is 2.27. The lowest BCUT2D eigenvalue weighted by atomic mass is 9.99. The molecular weight excluding hydrogens is 114 g/mol. The maximum Gasteiger partial charge on any atom is 0.0660 e. The topological polar surface area (TPSA) is 46.2 Å².